The highest BCUT2D eigenvalue weighted by molar-refractivity contribution is 5.95. The molecule has 3 aromatic rings. The van der Waals surface area contributed by atoms with Gasteiger partial charge in [-0.2, -0.15) is 5.26 Å². The lowest BCUT2D eigenvalue weighted by atomic mass is 9.94. The summed E-state index contributed by atoms with van der Waals surface area (Å²) in [5.74, 6) is 0.591. The Bertz CT molecular complexity index is 1160. The molecule has 176 valence electrons. The van der Waals surface area contributed by atoms with Crippen LogP contribution < -0.4 is 15.1 Å². The average molecular weight is 455 g/mol. The standard InChI is InChI=1S/C28H34N6/c1-21-16-24(31-18-22-5-8-25(9-6-22)33-14-12-32(2)13-15-33)20-34(19-21)27-10-7-23(17-29)28-26(27)4-3-11-30-28/h3-11,21,24,31H,12-16,18-20H2,1-2H3/t21-,24+/m0/s1. The van der Waals surface area contributed by atoms with Crippen LogP contribution in [0.15, 0.2) is 54.7 Å². The summed E-state index contributed by atoms with van der Waals surface area (Å²) in [5, 5.41) is 14.4. The van der Waals surface area contributed by atoms with E-state index in [-0.39, 0.29) is 0 Å². The Labute approximate surface area is 202 Å². The number of hydrogen-bond donors (Lipinski definition) is 1. The zero-order valence-corrected chi connectivity index (χ0v) is 20.2. The van der Waals surface area contributed by atoms with Crippen LogP contribution in [0.4, 0.5) is 11.4 Å². The number of anilines is 2. The summed E-state index contributed by atoms with van der Waals surface area (Å²) >= 11 is 0. The summed E-state index contributed by atoms with van der Waals surface area (Å²) in [4.78, 5) is 11.8. The molecule has 2 saturated heterocycles. The molecule has 2 aliphatic rings. The molecule has 6 nitrogen and oxygen atoms in total. The van der Waals surface area contributed by atoms with Gasteiger partial charge in [0.1, 0.15) is 6.07 Å². The molecule has 2 atom stereocenters. The average Bonchev–Trinajstić information content (AvgIpc) is 2.87. The Morgan fingerprint density at radius 1 is 1.00 bits per heavy atom. The number of hydrogen-bond acceptors (Lipinski definition) is 6. The van der Waals surface area contributed by atoms with Gasteiger partial charge in [-0.05, 0) is 61.3 Å². The highest BCUT2D eigenvalue weighted by Crippen LogP contribution is 2.31. The van der Waals surface area contributed by atoms with Crippen molar-refractivity contribution in [1.29, 1.82) is 5.26 Å². The van der Waals surface area contributed by atoms with Crippen LogP contribution in [0.25, 0.3) is 10.9 Å². The van der Waals surface area contributed by atoms with E-state index in [2.05, 4.69) is 81.4 Å². The van der Waals surface area contributed by atoms with Crippen molar-refractivity contribution >= 4 is 22.3 Å². The van der Waals surface area contributed by atoms with E-state index in [1.807, 2.05) is 12.1 Å². The summed E-state index contributed by atoms with van der Waals surface area (Å²) in [6.07, 6.45) is 2.94. The van der Waals surface area contributed by atoms with E-state index < -0.39 is 0 Å². The van der Waals surface area contributed by atoms with Crippen LogP contribution >= 0.6 is 0 Å². The van der Waals surface area contributed by atoms with Gasteiger partial charge in [0.15, 0.2) is 0 Å². The Morgan fingerprint density at radius 2 is 1.79 bits per heavy atom. The molecule has 34 heavy (non-hydrogen) atoms. The second kappa shape index (κ2) is 10.0. The van der Waals surface area contributed by atoms with Crippen molar-refractivity contribution < 1.29 is 0 Å². The van der Waals surface area contributed by atoms with Gasteiger partial charge in [0, 0.05) is 74.8 Å². The Hall–Kier alpha value is -3.14. The first-order chi connectivity index (χ1) is 16.6. The summed E-state index contributed by atoms with van der Waals surface area (Å²) in [6, 6.07) is 19.8. The van der Waals surface area contributed by atoms with E-state index in [0.29, 0.717) is 17.5 Å². The van der Waals surface area contributed by atoms with Crippen molar-refractivity contribution in [3.63, 3.8) is 0 Å². The third kappa shape index (κ3) is 4.86. The van der Waals surface area contributed by atoms with Crippen LogP contribution in [0.2, 0.25) is 0 Å². The van der Waals surface area contributed by atoms with Crippen molar-refractivity contribution in [1.82, 2.24) is 15.2 Å². The molecule has 2 fully saturated rings. The van der Waals surface area contributed by atoms with Crippen LogP contribution in [0.1, 0.15) is 24.5 Å². The molecule has 0 unspecified atom stereocenters. The predicted molar refractivity (Wildman–Crippen MR) is 139 cm³/mol. The number of benzene rings is 2. The quantitative estimate of drug-likeness (QED) is 0.632. The number of piperidine rings is 1. The van der Waals surface area contributed by atoms with Gasteiger partial charge in [-0.3, -0.25) is 4.98 Å². The van der Waals surface area contributed by atoms with Gasteiger partial charge in [-0.1, -0.05) is 19.1 Å². The van der Waals surface area contributed by atoms with E-state index in [1.165, 1.54) is 23.4 Å². The van der Waals surface area contributed by atoms with E-state index in [0.717, 1.165) is 56.7 Å². The molecule has 0 bridgehead atoms. The van der Waals surface area contributed by atoms with Crippen molar-refractivity contribution in [3.05, 3.63) is 65.9 Å². The first-order valence-electron chi connectivity index (χ1n) is 12.4. The molecule has 1 aromatic heterocycles. The fourth-order valence-electron chi connectivity index (χ4n) is 5.37. The maximum atomic E-state index is 9.48. The molecule has 0 spiro atoms. The minimum atomic E-state index is 0.420. The maximum Gasteiger partial charge on any atom is 0.101 e. The summed E-state index contributed by atoms with van der Waals surface area (Å²) < 4.78 is 0. The number of aromatic nitrogens is 1. The Balaban J connectivity index is 1.25. The van der Waals surface area contributed by atoms with Gasteiger partial charge in [0.2, 0.25) is 0 Å². The molecule has 0 radical (unpaired) electrons. The second-order valence-corrected chi connectivity index (χ2v) is 9.92. The van der Waals surface area contributed by atoms with Crippen molar-refractivity contribution in [2.45, 2.75) is 25.9 Å². The van der Waals surface area contributed by atoms with Gasteiger partial charge in [-0.15, -0.1) is 0 Å². The summed E-state index contributed by atoms with van der Waals surface area (Å²) in [7, 11) is 2.19. The van der Waals surface area contributed by atoms with Crippen LogP contribution in [0, 0.1) is 17.2 Å². The lowest BCUT2D eigenvalue weighted by Gasteiger charge is -2.39. The van der Waals surface area contributed by atoms with Gasteiger partial charge in [0.25, 0.3) is 0 Å². The summed E-state index contributed by atoms with van der Waals surface area (Å²) in [5.41, 5.74) is 5.27. The number of fused-ring (bicyclic) bond motifs is 1. The number of nitrogens with zero attached hydrogens (tertiary/aromatic N) is 5. The van der Waals surface area contributed by atoms with Crippen LogP contribution in [0.3, 0.4) is 0 Å². The number of piperazine rings is 1. The number of nitriles is 1. The Morgan fingerprint density at radius 3 is 2.56 bits per heavy atom. The van der Waals surface area contributed by atoms with E-state index in [4.69, 9.17) is 0 Å². The van der Waals surface area contributed by atoms with Crippen LogP contribution in [0.5, 0.6) is 0 Å². The number of rotatable bonds is 5. The molecule has 5 rings (SSSR count). The number of likely N-dealkylation sites (N-methyl/N-ethyl adjacent to an activating group) is 1. The zero-order valence-electron chi connectivity index (χ0n) is 20.2. The Kier molecular flexibility index (Phi) is 6.66. The van der Waals surface area contributed by atoms with Crippen LogP contribution in [-0.2, 0) is 6.54 Å². The molecular weight excluding hydrogens is 420 g/mol. The van der Waals surface area contributed by atoms with Crippen LogP contribution in [-0.4, -0.2) is 62.2 Å². The monoisotopic (exact) mass is 454 g/mol. The first kappa shape index (κ1) is 22.6. The van der Waals surface area contributed by atoms with Gasteiger partial charge in [-0.25, -0.2) is 0 Å². The molecule has 0 amide bonds. The van der Waals surface area contributed by atoms with E-state index in [1.54, 1.807) is 6.20 Å². The van der Waals surface area contributed by atoms with E-state index >= 15 is 0 Å². The largest absolute Gasteiger partial charge is 0.369 e. The maximum absolute atomic E-state index is 9.48. The molecule has 6 heteroatoms. The third-order valence-electron chi connectivity index (χ3n) is 7.27. The van der Waals surface area contributed by atoms with Crippen molar-refractivity contribution in [3.8, 4) is 6.07 Å². The van der Waals surface area contributed by atoms with Gasteiger partial charge >= 0.3 is 0 Å². The molecule has 0 saturated carbocycles. The molecule has 1 N–H and O–H groups in total. The zero-order chi connectivity index (χ0) is 23.5. The second-order valence-electron chi connectivity index (χ2n) is 9.92. The molecule has 2 aromatic carbocycles. The third-order valence-corrected chi connectivity index (χ3v) is 7.27. The molecular formula is C28H34N6. The summed E-state index contributed by atoms with van der Waals surface area (Å²) in [6.45, 7) is 9.65. The SMILES string of the molecule is C[C@H]1C[C@@H](NCc2ccc(N3CCN(C)CC3)cc2)CN(c2ccc(C#N)c3ncccc23)C1. The number of nitrogens with one attached hydrogen (secondary N) is 1. The lowest BCUT2D eigenvalue weighted by molar-refractivity contribution is 0.313. The minimum absolute atomic E-state index is 0.420. The van der Waals surface area contributed by atoms with Gasteiger partial charge in [0.05, 0.1) is 11.1 Å². The molecule has 3 heterocycles. The highest BCUT2D eigenvalue weighted by atomic mass is 15.2. The minimum Gasteiger partial charge on any atom is -0.369 e. The van der Waals surface area contributed by atoms with Gasteiger partial charge < -0.3 is 20.0 Å². The smallest absolute Gasteiger partial charge is 0.101 e. The van der Waals surface area contributed by atoms with Crippen molar-refractivity contribution in [2.75, 3.05) is 56.1 Å². The van der Waals surface area contributed by atoms with E-state index in [9.17, 15) is 5.26 Å². The lowest BCUT2D eigenvalue weighted by Crippen LogP contribution is -2.48. The fraction of sp³-hybridized carbons (Fsp3) is 0.429. The van der Waals surface area contributed by atoms with Crippen molar-refractivity contribution in [2.24, 2.45) is 5.92 Å². The number of pyridine rings is 1. The normalized spacial score (nSPS) is 21.6. The molecule has 0 aliphatic carbocycles. The first-order valence-corrected chi connectivity index (χ1v) is 12.4. The highest BCUT2D eigenvalue weighted by Gasteiger charge is 2.26. The fourth-order valence-corrected chi connectivity index (χ4v) is 5.37. The predicted octanol–water partition coefficient (Wildman–Crippen LogP) is 3.86. The topological polar surface area (TPSA) is 58.4 Å². The molecule has 2 aliphatic heterocycles.